The Bertz CT molecular complexity index is 1190. The third-order valence-corrected chi connectivity index (χ3v) is 6.44. The fraction of sp³-hybridized carbons (Fsp3) is 0.292. The second kappa shape index (κ2) is 8.79. The number of imidazole rings is 1. The predicted octanol–water partition coefficient (Wildman–Crippen LogP) is 5.34. The third-order valence-electron chi connectivity index (χ3n) is 5.25. The first kappa shape index (κ1) is 20.3. The molecule has 0 saturated carbocycles. The van der Waals surface area contributed by atoms with Crippen molar-refractivity contribution in [2.75, 3.05) is 0 Å². The van der Waals surface area contributed by atoms with E-state index in [1.807, 2.05) is 43.6 Å². The standard InChI is InChI=1S/C24H25N3O2S/c1-4-18-8-6-7-9-19(18)24-26-16(3)22(30-24)13-23(28)29-14-17-10-11-21-20(12-17)25-15-27(21)5-2/h6-12,15H,4-5,13-14H2,1-3H3. The lowest BCUT2D eigenvalue weighted by Crippen LogP contribution is -2.07. The minimum atomic E-state index is -0.240. The van der Waals surface area contributed by atoms with Crippen LogP contribution in [0.15, 0.2) is 48.8 Å². The highest BCUT2D eigenvalue weighted by atomic mass is 32.1. The van der Waals surface area contributed by atoms with Gasteiger partial charge in [0.1, 0.15) is 11.6 Å². The van der Waals surface area contributed by atoms with Crippen molar-refractivity contribution in [2.24, 2.45) is 0 Å². The molecule has 154 valence electrons. The summed E-state index contributed by atoms with van der Waals surface area (Å²) in [5, 5.41) is 0.963. The van der Waals surface area contributed by atoms with E-state index in [4.69, 9.17) is 9.72 Å². The first-order valence-electron chi connectivity index (χ1n) is 10.2. The summed E-state index contributed by atoms with van der Waals surface area (Å²) in [5.41, 5.74) is 6.25. The first-order chi connectivity index (χ1) is 14.6. The molecular formula is C24H25N3O2S. The number of aromatic nitrogens is 3. The van der Waals surface area contributed by atoms with Gasteiger partial charge in [-0.15, -0.1) is 11.3 Å². The highest BCUT2D eigenvalue weighted by molar-refractivity contribution is 7.15. The molecule has 0 fully saturated rings. The fourth-order valence-electron chi connectivity index (χ4n) is 3.54. The van der Waals surface area contributed by atoms with Gasteiger partial charge in [0, 0.05) is 17.0 Å². The average molecular weight is 420 g/mol. The van der Waals surface area contributed by atoms with E-state index in [1.54, 1.807) is 11.3 Å². The van der Waals surface area contributed by atoms with Crippen LogP contribution in [-0.4, -0.2) is 20.5 Å². The summed E-state index contributed by atoms with van der Waals surface area (Å²) in [7, 11) is 0. The van der Waals surface area contributed by atoms with E-state index in [-0.39, 0.29) is 19.0 Å². The van der Waals surface area contributed by atoms with Crippen LogP contribution in [0.25, 0.3) is 21.6 Å². The van der Waals surface area contributed by atoms with Gasteiger partial charge in [0.2, 0.25) is 0 Å². The molecule has 0 saturated heterocycles. The topological polar surface area (TPSA) is 57.0 Å². The molecule has 0 aliphatic rings. The van der Waals surface area contributed by atoms with E-state index < -0.39 is 0 Å². The van der Waals surface area contributed by atoms with E-state index >= 15 is 0 Å². The lowest BCUT2D eigenvalue weighted by molar-refractivity contribution is -0.144. The third kappa shape index (κ3) is 4.14. The van der Waals surface area contributed by atoms with E-state index in [1.165, 1.54) is 5.56 Å². The van der Waals surface area contributed by atoms with Gasteiger partial charge >= 0.3 is 5.97 Å². The molecule has 0 amide bonds. The molecule has 0 aliphatic heterocycles. The molecule has 6 heteroatoms. The maximum Gasteiger partial charge on any atom is 0.311 e. The van der Waals surface area contributed by atoms with Gasteiger partial charge in [-0.25, -0.2) is 9.97 Å². The van der Waals surface area contributed by atoms with E-state index in [0.717, 1.165) is 50.7 Å². The number of thiazole rings is 1. The number of carbonyl (C=O) groups excluding carboxylic acids is 1. The van der Waals surface area contributed by atoms with Gasteiger partial charge in [-0.2, -0.15) is 0 Å². The van der Waals surface area contributed by atoms with Crippen molar-refractivity contribution in [2.45, 2.75) is 46.8 Å². The maximum absolute atomic E-state index is 12.5. The molecule has 4 aromatic rings. The molecule has 2 aromatic heterocycles. The van der Waals surface area contributed by atoms with Gasteiger partial charge in [0.25, 0.3) is 0 Å². The Kier molecular flexibility index (Phi) is 5.95. The lowest BCUT2D eigenvalue weighted by atomic mass is 10.1. The Morgan fingerprint density at radius 3 is 2.80 bits per heavy atom. The van der Waals surface area contributed by atoms with Crippen molar-refractivity contribution in [1.29, 1.82) is 0 Å². The highest BCUT2D eigenvalue weighted by Crippen LogP contribution is 2.31. The number of hydrogen-bond donors (Lipinski definition) is 0. The lowest BCUT2D eigenvalue weighted by Gasteiger charge is -2.05. The molecule has 0 spiro atoms. The minimum Gasteiger partial charge on any atom is -0.461 e. The quantitative estimate of drug-likeness (QED) is 0.380. The van der Waals surface area contributed by atoms with Crippen LogP contribution in [0.4, 0.5) is 0 Å². The Morgan fingerprint density at radius 2 is 2.00 bits per heavy atom. The largest absolute Gasteiger partial charge is 0.461 e. The Labute approximate surface area is 180 Å². The van der Waals surface area contributed by atoms with Crippen LogP contribution >= 0.6 is 11.3 Å². The van der Waals surface area contributed by atoms with Gasteiger partial charge < -0.3 is 9.30 Å². The number of ether oxygens (including phenoxy) is 1. The number of aryl methyl sites for hydroxylation is 3. The highest BCUT2D eigenvalue weighted by Gasteiger charge is 2.15. The molecule has 2 aromatic carbocycles. The van der Waals surface area contributed by atoms with E-state index in [2.05, 4.69) is 35.5 Å². The van der Waals surface area contributed by atoms with E-state index in [9.17, 15) is 4.79 Å². The summed E-state index contributed by atoms with van der Waals surface area (Å²) < 4.78 is 7.62. The molecule has 0 atom stereocenters. The molecule has 30 heavy (non-hydrogen) atoms. The van der Waals surface area contributed by atoms with Gasteiger partial charge in [0.15, 0.2) is 0 Å². The van der Waals surface area contributed by atoms with Crippen LogP contribution in [0.1, 0.15) is 35.5 Å². The molecule has 5 nitrogen and oxygen atoms in total. The van der Waals surface area contributed by atoms with Crippen molar-refractivity contribution in [1.82, 2.24) is 14.5 Å². The van der Waals surface area contributed by atoms with Gasteiger partial charge in [-0.05, 0) is 43.5 Å². The molecule has 0 N–H and O–H groups in total. The monoisotopic (exact) mass is 419 g/mol. The van der Waals surface area contributed by atoms with Gasteiger partial charge in [0.05, 0.1) is 29.5 Å². The number of hydrogen-bond acceptors (Lipinski definition) is 5. The molecular weight excluding hydrogens is 394 g/mol. The molecule has 0 bridgehead atoms. The normalized spacial score (nSPS) is 11.2. The zero-order chi connectivity index (χ0) is 21.1. The van der Waals surface area contributed by atoms with Crippen molar-refractivity contribution in [3.05, 3.63) is 70.5 Å². The zero-order valence-electron chi connectivity index (χ0n) is 17.5. The summed E-state index contributed by atoms with van der Waals surface area (Å²) in [5.74, 6) is -0.240. The minimum absolute atomic E-state index is 0.240. The smallest absolute Gasteiger partial charge is 0.311 e. The van der Waals surface area contributed by atoms with Crippen molar-refractivity contribution < 1.29 is 9.53 Å². The van der Waals surface area contributed by atoms with Crippen LogP contribution in [0.2, 0.25) is 0 Å². The van der Waals surface area contributed by atoms with Gasteiger partial charge in [-0.3, -0.25) is 4.79 Å². The van der Waals surface area contributed by atoms with Crippen LogP contribution in [-0.2, 0) is 35.5 Å². The molecule has 4 rings (SSSR count). The van der Waals surface area contributed by atoms with Crippen molar-refractivity contribution in [3.8, 4) is 10.6 Å². The number of esters is 1. The van der Waals surface area contributed by atoms with Crippen molar-refractivity contribution in [3.63, 3.8) is 0 Å². The van der Waals surface area contributed by atoms with Crippen LogP contribution < -0.4 is 0 Å². The van der Waals surface area contributed by atoms with Crippen LogP contribution in [0, 0.1) is 6.92 Å². The van der Waals surface area contributed by atoms with Crippen LogP contribution in [0.3, 0.4) is 0 Å². The first-order valence-corrected chi connectivity index (χ1v) is 11.0. The van der Waals surface area contributed by atoms with Crippen molar-refractivity contribution >= 4 is 28.3 Å². The number of nitrogens with zero attached hydrogens (tertiary/aromatic N) is 3. The summed E-state index contributed by atoms with van der Waals surface area (Å²) in [6.45, 7) is 7.31. The molecule has 0 aliphatic carbocycles. The molecule has 2 heterocycles. The molecule has 0 unspecified atom stereocenters. The summed E-state index contributed by atoms with van der Waals surface area (Å²) >= 11 is 1.57. The number of carbonyl (C=O) groups is 1. The Hall–Kier alpha value is -2.99. The Morgan fingerprint density at radius 1 is 1.17 bits per heavy atom. The molecule has 0 radical (unpaired) electrons. The maximum atomic E-state index is 12.5. The SMILES string of the molecule is CCc1ccccc1-c1nc(C)c(CC(=O)OCc2ccc3c(c2)ncn3CC)s1. The summed E-state index contributed by atoms with van der Waals surface area (Å²) in [6.07, 6.45) is 3.03. The average Bonchev–Trinajstić information content (AvgIpc) is 3.34. The predicted molar refractivity (Wildman–Crippen MR) is 121 cm³/mol. The summed E-state index contributed by atoms with van der Waals surface area (Å²) in [4.78, 5) is 22.5. The van der Waals surface area contributed by atoms with Gasteiger partial charge in [-0.1, -0.05) is 37.3 Å². The van der Waals surface area contributed by atoms with E-state index in [0.29, 0.717) is 0 Å². The Balaban J connectivity index is 1.42. The zero-order valence-corrected chi connectivity index (χ0v) is 18.3. The number of rotatable bonds is 7. The number of benzene rings is 2. The summed E-state index contributed by atoms with van der Waals surface area (Å²) in [6, 6.07) is 14.3. The fourth-order valence-corrected chi connectivity index (χ4v) is 4.65. The number of fused-ring (bicyclic) bond motifs is 1. The van der Waals surface area contributed by atoms with Crippen LogP contribution in [0.5, 0.6) is 0 Å². The second-order valence-electron chi connectivity index (χ2n) is 7.23. The second-order valence-corrected chi connectivity index (χ2v) is 8.31.